The van der Waals surface area contributed by atoms with E-state index in [4.69, 9.17) is 0 Å². The minimum absolute atomic E-state index is 0.0447. The van der Waals surface area contributed by atoms with Gasteiger partial charge in [0.05, 0.1) is 12.0 Å². The molecule has 27 heavy (non-hydrogen) atoms. The number of carbonyl (C=O) groups excluding carboxylic acids is 1. The van der Waals surface area contributed by atoms with Gasteiger partial charge in [0.1, 0.15) is 0 Å². The zero-order chi connectivity index (χ0) is 19.4. The Bertz CT molecular complexity index is 664. The summed E-state index contributed by atoms with van der Waals surface area (Å²) in [5.74, 6) is -0.164. The largest absolute Gasteiger partial charge is 0.480 e. The number of fused-ring (bicyclic) bond motifs is 2. The fourth-order valence-corrected chi connectivity index (χ4v) is 4.92. The maximum Gasteiger partial charge on any atom is 0.317 e. The van der Waals surface area contributed by atoms with Gasteiger partial charge >= 0.3 is 5.97 Å². The molecular formula is C21H31N3O3. The molecule has 6 nitrogen and oxygen atoms in total. The summed E-state index contributed by atoms with van der Waals surface area (Å²) in [7, 11) is 0. The number of amides is 1. The molecule has 2 fully saturated rings. The third kappa shape index (κ3) is 4.32. The van der Waals surface area contributed by atoms with Gasteiger partial charge in [0.25, 0.3) is 0 Å². The normalized spacial score (nSPS) is 27.2. The topological polar surface area (TPSA) is 82.5 Å². The minimum Gasteiger partial charge on any atom is -0.480 e. The highest BCUT2D eigenvalue weighted by atomic mass is 16.4. The number of nitrogens with zero attached hydrogens (tertiary/aromatic N) is 2. The zero-order valence-corrected chi connectivity index (χ0v) is 16.4. The first kappa shape index (κ1) is 19.8. The molecule has 3 atom stereocenters. The molecule has 0 aromatic carbocycles. The molecule has 0 aliphatic carbocycles. The van der Waals surface area contributed by atoms with Gasteiger partial charge in [-0.05, 0) is 62.1 Å². The van der Waals surface area contributed by atoms with Gasteiger partial charge in [-0.15, -0.1) is 0 Å². The van der Waals surface area contributed by atoms with Crippen molar-refractivity contribution in [3.63, 3.8) is 0 Å². The molecule has 148 valence electrons. The van der Waals surface area contributed by atoms with Gasteiger partial charge in [-0.2, -0.15) is 0 Å². The number of carboxylic acid groups (broad SMARTS) is 1. The molecule has 1 amide bonds. The lowest BCUT2D eigenvalue weighted by atomic mass is 9.69. The number of nitrogens with one attached hydrogen (secondary N) is 1. The summed E-state index contributed by atoms with van der Waals surface area (Å²) >= 11 is 0. The van der Waals surface area contributed by atoms with Crippen molar-refractivity contribution in [1.29, 1.82) is 0 Å². The van der Waals surface area contributed by atoms with Crippen LogP contribution in [0.5, 0.6) is 0 Å². The van der Waals surface area contributed by atoms with Crippen molar-refractivity contribution in [2.75, 3.05) is 13.1 Å². The van der Waals surface area contributed by atoms with Gasteiger partial charge in [-0.1, -0.05) is 13.8 Å². The summed E-state index contributed by atoms with van der Waals surface area (Å²) < 4.78 is 0. The number of carbonyl (C=O) groups is 2. The van der Waals surface area contributed by atoms with Crippen LogP contribution in [0.4, 0.5) is 0 Å². The van der Waals surface area contributed by atoms with E-state index in [1.165, 1.54) is 0 Å². The predicted octanol–water partition coefficient (Wildman–Crippen LogP) is 2.48. The number of hydrogen-bond acceptors (Lipinski definition) is 4. The van der Waals surface area contributed by atoms with Crippen LogP contribution in [0.25, 0.3) is 0 Å². The van der Waals surface area contributed by atoms with Crippen LogP contribution in [0.3, 0.4) is 0 Å². The van der Waals surface area contributed by atoms with Crippen LogP contribution >= 0.6 is 0 Å². The van der Waals surface area contributed by atoms with Crippen LogP contribution in [0.1, 0.15) is 51.5 Å². The fraction of sp³-hybridized carbons (Fsp3) is 0.667. The van der Waals surface area contributed by atoms with Crippen LogP contribution in [0.2, 0.25) is 0 Å². The first-order valence-electron chi connectivity index (χ1n) is 10.1. The van der Waals surface area contributed by atoms with Crippen molar-refractivity contribution in [3.8, 4) is 0 Å². The van der Waals surface area contributed by atoms with Crippen molar-refractivity contribution in [2.45, 2.75) is 64.5 Å². The molecule has 1 aromatic heterocycles. The van der Waals surface area contributed by atoms with Crippen molar-refractivity contribution < 1.29 is 14.7 Å². The van der Waals surface area contributed by atoms with Crippen molar-refractivity contribution in [3.05, 3.63) is 30.1 Å². The Hall–Kier alpha value is -1.95. The molecule has 2 bridgehead atoms. The van der Waals surface area contributed by atoms with E-state index < -0.39 is 11.4 Å². The Kier molecular flexibility index (Phi) is 6.15. The Morgan fingerprint density at radius 3 is 2.74 bits per heavy atom. The summed E-state index contributed by atoms with van der Waals surface area (Å²) in [6.45, 7) is 5.00. The number of carboxylic acids is 1. The highest BCUT2D eigenvalue weighted by molar-refractivity contribution is 5.84. The summed E-state index contributed by atoms with van der Waals surface area (Å²) in [6, 6.07) is 4.21. The number of aromatic nitrogens is 1. The van der Waals surface area contributed by atoms with Crippen LogP contribution in [-0.4, -0.2) is 52.0 Å². The average molecular weight is 373 g/mol. The lowest BCUT2D eigenvalue weighted by molar-refractivity contribution is -0.140. The summed E-state index contributed by atoms with van der Waals surface area (Å²) in [5.41, 5.74) is 0.711. The number of hydrogen-bond donors (Lipinski definition) is 2. The SMILES string of the molecule is CC(C)CC[C@]1(C(=O)NCCc2ccncc2)C[C@H]2CC[C@@H]1N2CC(=O)O. The van der Waals surface area contributed by atoms with Gasteiger partial charge in [0.15, 0.2) is 0 Å². The Balaban J connectivity index is 1.69. The zero-order valence-electron chi connectivity index (χ0n) is 16.4. The van der Waals surface area contributed by atoms with Crippen LogP contribution < -0.4 is 5.32 Å². The first-order chi connectivity index (χ1) is 12.9. The number of rotatable bonds is 9. The average Bonchev–Trinajstić information content (AvgIpc) is 3.15. The van der Waals surface area contributed by atoms with Gasteiger partial charge in [-0.25, -0.2) is 0 Å². The molecule has 2 saturated heterocycles. The first-order valence-corrected chi connectivity index (χ1v) is 10.1. The van der Waals surface area contributed by atoms with Crippen LogP contribution in [-0.2, 0) is 16.0 Å². The molecule has 0 unspecified atom stereocenters. The third-order valence-corrected chi connectivity index (χ3v) is 6.27. The summed E-state index contributed by atoms with van der Waals surface area (Å²) in [5, 5.41) is 12.4. The molecule has 2 aliphatic heterocycles. The molecule has 0 spiro atoms. The molecule has 0 saturated carbocycles. The Morgan fingerprint density at radius 2 is 2.07 bits per heavy atom. The van der Waals surface area contributed by atoms with E-state index in [0.717, 1.165) is 44.1 Å². The molecule has 2 N–H and O–H groups in total. The monoisotopic (exact) mass is 373 g/mol. The molecule has 2 aliphatic rings. The van der Waals surface area contributed by atoms with Crippen LogP contribution in [0, 0.1) is 11.3 Å². The molecule has 6 heteroatoms. The van der Waals surface area contributed by atoms with E-state index in [9.17, 15) is 14.7 Å². The summed E-state index contributed by atoms with van der Waals surface area (Å²) in [4.78, 5) is 30.7. The van der Waals surface area contributed by atoms with Crippen molar-refractivity contribution in [1.82, 2.24) is 15.2 Å². The second-order valence-corrected chi connectivity index (χ2v) is 8.47. The molecule has 0 radical (unpaired) electrons. The second kappa shape index (κ2) is 8.38. The lowest BCUT2D eigenvalue weighted by Crippen LogP contribution is -2.50. The second-order valence-electron chi connectivity index (χ2n) is 8.47. The Morgan fingerprint density at radius 1 is 1.33 bits per heavy atom. The molecule has 3 heterocycles. The summed E-state index contributed by atoms with van der Waals surface area (Å²) in [6.07, 6.45) is 8.85. The van der Waals surface area contributed by atoms with E-state index in [2.05, 4.69) is 29.0 Å². The van der Waals surface area contributed by atoms with Gasteiger partial charge in [0.2, 0.25) is 5.91 Å². The maximum absolute atomic E-state index is 13.3. The van der Waals surface area contributed by atoms with Crippen molar-refractivity contribution in [2.24, 2.45) is 11.3 Å². The van der Waals surface area contributed by atoms with E-state index in [-0.39, 0.29) is 24.5 Å². The van der Waals surface area contributed by atoms with E-state index in [0.29, 0.717) is 12.5 Å². The maximum atomic E-state index is 13.3. The number of aliphatic carboxylic acids is 1. The van der Waals surface area contributed by atoms with E-state index >= 15 is 0 Å². The molecule has 3 rings (SSSR count). The van der Waals surface area contributed by atoms with Crippen molar-refractivity contribution >= 4 is 11.9 Å². The Labute approximate surface area is 161 Å². The number of pyridine rings is 1. The minimum atomic E-state index is -0.801. The van der Waals surface area contributed by atoms with E-state index in [1.54, 1.807) is 12.4 Å². The van der Waals surface area contributed by atoms with Gasteiger partial charge in [-0.3, -0.25) is 19.5 Å². The molecule has 1 aromatic rings. The standard InChI is InChI=1S/C21H31N3O3/c1-15(2)5-9-21(13-17-3-4-18(21)24(17)14-19(25)26)20(27)23-12-8-16-6-10-22-11-7-16/h6-7,10-11,15,17-18H,3-5,8-9,12-14H2,1-2H3,(H,23,27)(H,25,26)/t17-,18+,21+/m1/s1. The smallest absolute Gasteiger partial charge is 0.317 e. The highest BCUT2D eigenvalue weighted by Gasteiger charge is 2.59. The molecular weight excluding hydrogens is 342 g/mol. The third-order valence-electron chi connectivity index (χ3n) is 6.27. The lowest BCUT2D eigenvalue weighted by Gasteiger charge is -2.37. The van der Waals surface area contributed by atoms with Gasteiger partial charge < -0.3 is 10.4 Å². The van der Waals surface area contributed by atoms with E-state index in [1.807, 2.05) is 12.1 Å². The predicted molar refractivity (Wildman–Crippen MR) is 103 cm³/mol. The quantitative estimate of drug-likeness (QED) is 0.695. The highest BCUT2D eigenvalue weighted by Crippen LogP contribution is 2.52. The van der Waals surface area contributed by atoms with Crippen LogP contribution in [0.15, 0.2) is 24.5 Å². The fourth-order valence-electron chi connectivity index (χ4n) is 4.92. The van der Waals surface area contributed by atoms with Gasteiger partial charge in [0, 0.05) is 31.0 Å².